The van der Waals surface area contributed by atoms with Crippen LogP contribution in [0, 0.1) is 10.1 Å². The van der Waals surface area contributed by atoms with E-state index in [-0.39, 0.29) is 18.2 Å². The highest BCUT2D eigenvalue weighted by Gasteiger charge is 2.26. The molecule has 0 saturated carbocycles. The first-order valence-corrected chi connectivity index (χ1v) is 5.17. The van der Waals surface area contributed by atoms with Gasteiger partial charge in [-0.15, -0.1) is 0 Å². The highest BCUT2D eigenvalue weighted by atomic mass is 16.6. The Morgan fingerprint density at radius 3 is 2.28 bits per heavy atom. The fourth-order valence-electron chi connectivity index (χ4n) is 1.29. The molecule has 1 aromatic heterocycles. The molecule has 0 atom stereocenters. The summed E-state index contributed by atoms with van der Waals surface area (Å²) in [6.07, 6.45) is 2.12. The van der Waals surface area contributed by atoms with E-state index in [1.54, 1.807) is 20.8 Å². The number of hydrogen-bond donors (Lipinski definition) is 1. The SMILES string of the molecule is CC(C)(C)N(CC(=O)O)c1ncc([N+](=O)[O-])cn1. The molecule has 0 unspecified atom stereocenters. The van der Waals surface area contributed by atoms with Gasteiger partial charge < -0.3 is 10.0 Å². The topological polar surface area (TPSA) is 109 Å². The molecule has 0 saturated heterocycles. The summed E-state index contributed by atoms with van der Waals surface area (Å²) in [7, 11) is 0. The predicted molar refractivity (Wildman–Crippen MR) is 63.4 cm³/mol. The van der Waals surface area contributed by atoms with E-state index in [9.17, 15) is 14.9 Å². The monoisotopic (exact) mass is 254 g/mol. The zero-order chi connectivity index (χ0) is 13.9. The molecule has 8 nitrogen and oxygen atoms in total. The molecule has 0 radical (unpaired) electrons. The van der Waals surface area contributed by atoms with Crippen molar-refractivity contribution in [3.05, 3.63) is 22.5 Å². The molecular formula is C10H14N4O4. The number of nitrogens with zero attached hydrogens (tertiary/aromatic N) is 4. The zero-order valence-corrected chi connectivity index (χ0v) is 10.3. The van der Waals surface area contributed by atoms with E-state index < -0.39 is 16.4 Å². The minimum Gasteiger partial charge on any atom is -0.480 e. The van der Waals surface area contributed by atoms with Gasteiger partial charge in [-0.3, -0.25) is 14.9 Å². The Bertz CT molecular complexity index is 452. The molecule has 1 aromatic rings. The standard InChI is InChI=1S/C10H14N4O4/c1-10(2,3)13(6-8(15)16)9-11-4-7(5-12-9)14(17)18/h4-5H,6H2,1-3H3,(H,15,16). The number of hydrogen-bond acceptors (Lipinski definition) is 6. The van der Waals surface area contributed by atoms with E-state index in [1.807, 2.05) is 0 Å². The number of carboxylic acid groups (broad SMARTS) is 1. The molecule has 0 bridgehead atoms. The van der Waals surface area contributed by atoms with Crippen LogP contribution in [0.5, 0.6) is 0 Å². The van der Waals surface area contributed by atoms with Gasteiger partial charge in [-0.2, -0.15) is 0 Å². The third-order valence-electron chi connectivity index (χ3n) is 2.18. The Hall–Kier alpha value is -2.25. The second kappa shape index (κ2) is 4.94. The van der Waals surface area contributed by atoms with Crippen LogP contribution in [0.2, 0.25) is 0 Å². The fraction of sp³-hybridized carbons (Fsp3) is 0.500. The highest BCUT2D eigenvalue weighted by Crippen LogP contribution is 2.20. The second-order valence-corrected chi connectivity index (χ2v) is 4.65. The summed E-state index contributed by atoms with van der Waals surface area (Å²) in [5.41, 5.74) is -0.739. The van der Waals surface area contributed by atoms with Gasteiger partial charge in [-0.1, -0.05) is 0 Å². The van der Waals surface area contributed by atoms with Crippen LogP contribution in [0.25, 0.3) is 0 Å². The van der Waals surface area contributed by atoms with Gasteiger partial charge in [-0.25, -0.2) is 9.97 Å². The maximum atomic E-state index is 10.8. The van der Waals surface area contributed by atoms with Gasteiger partial charge in [0.05, 0.1) is 4.92 Å². The maximum absolute atomic E-state index is 10.8. The number of carboxylic acids is 1. The minimum absolute atomic E-state index is 0.149. The number of aromatic nitrogens is 2. The van der Waals surface area contributed by atoms with Gasteiger partial charge in [0.2, 0.25) is 5.95 Å². The molecule has 1 N–H and O–H groups in total. The van der Waals surface area contributed by atoms with Crippen molar-refractivity contribution >= 4 is 17.6 Å². The van der Waals surface area contributed by atoms with Crippen LogP contribution in [0.4, 0.5) is 11.6 Å². The molecule has 0 amide bonds. The van der Waals surface area contributed by atoms with Crippen molar-refractivity contribution in [2.24, 2.45) is 0 Å². The molecule has 0 spiro atoms. The lowest BCUT2D eigenvalue weighted by Gasteiger charge is -2.34. The molecule has 0 fully saturated rings. The van der Waals surface area contributed by atoms with E-state index in [4.69, 9.17) is 5.11 Å². The zero-order valence-electron chi connectivity index (χ0n) is 10.3. The van der Waals surface area contributed by atoms with E-state index in [2.05, 4.69) is 9.97 Å². The summed E-state index contributed by atoms with van der Waals surface area (Å²) in [6.45, 7) is 5.14. The van der Waals surface area contributed by atoms with E-state index in [0.717, 1.165) is 12.4 Å². The molecule has 1 heterocycles. The minimum atomic E-state index is -1.02. The van der Waals surface area contributed by atoms with Crippen molar-refractivity contribution in [3.63, 3.8) is 0 Å². The molecule has 1 rings (SSSR count). The van der Waals surface area contributed by atoms with Crippen molar-refractivity contribution < 1.29 is 14.8 Å². The Kier molecular flexibility index (Phi) is 3.79. The van der Waals surface area contributed by atoms with Gasteiger partial charge in [0.15, 0.2) is 0 Å². The number of carbonyl (C=O) groups is 1. The Morgan fingerprint density at radius 1 is 1.44 bits per heavy atom. The second-order valence-electron chi connectivity index (χ2n) is 4.65. The quantitative estimate of drug-likeness (QED) is 0.632. The third kappa shape index (κ3) is 3.37. The molecule has 0 aromatic carbocycles. The van der Waals surface area contributed by atoms with Crippen molar-refractivity contribution in [2.45, 2.75) is 26.3 Å². The van der Waals surface area contributed by atoms with Crippen molar-refractivity contribution in [1.82, 2.24) is 9.97 Å². The van der Waals surface area contributed by atoms with Gasteiger partial charge in [-0.05, 0) is 20.8 Å². The molecule has 0 aliphatic carbocycles. The Balaban J connectivity index is 3.06. The number of rotatable bonds is 4. The van der Waals surface area contributed by atoms with Gasteiger partial charge >= 0.3 is 11.7 Å². The molecule has 8 heteroatoms. The Morgan fingerprint density at radius 2 is 1.94 bits per heavy atom. The van der Waals surface area contributed by atoms with E-state index >= 15 is 0 Å². The molecule has 98 valence electrons. The first-order chi connectivity index (χ1) is 8.21. The van der Waals surface area contributed by atoms with E-state index in [1.165, 1.54) is 4.90 Å². The lowest BCUT2D eigenvalue weighted by Crippen LogP contribution is -2.45. The van der Waals surface area contributed by atoms with E-state index in [0.29, 0.717) is 0 Å². The molecular weight excluding hydrogens is 240 g/mol. The first kappa shape index (κ1) is 13.8. The van der Waals surface area contributed by atoms with Gasteiger partial charge in [0.1, 0.15) is 18.9 Å². The van der Waals surface area contributed by atoms with Crippen LogP contribution in [0.3, 0.4) is 0 Å². The van der Waals surface area contributed by atoms with Crippen LogP contribution < -0.4 is 4.90 Å². The fourth-order valence-corrected chi connectivity index (χ4v) is 1.29. The summed E-state index contributed by atoms with van der Waals surface area (Å²) in [5.74, 6) is -0.873. The van der Waals surface area contributed by atoms with Crippen LogP contribution in [0.1, 0.15) is 20.8 Å². The predicted octanol–water partition coefficient (Wildman–Crippen LogP) is 1.07. The van der Waals surface area contributed by atoms with Crippen LogP contribution in [-0.4, -0.2) is 38.1 Å². The third-order valence-corrected chi connectivity index (χ3v) is 2.18. The maximum Gasteiger partial charge on any atom is 0.323 e. The summed E-state index contributed by atoms with van der Waals surface area (Å²) < 4.78 is 0. The smallest absolute Gasteiger partial charge is 0.323 e. The number of anilines is 1. The van der Waals surface area contributed by atoms with Crippen LogP contribution in [-0.2, 0) is 4.79 Å². The number of aliphatic carboxylic acids is 1. The highest BCUT2D eigenvalue weighted by molar-refractivity contribution is 5.73. The van der Waals surface area contributed by atoms with Crippen molar-refractivity contribution in [1.29, 1.82) is 0 Å². The lowest BCUT2D eigenvalue weighted by molar-refractivity contribution is -0.385. The summed E-state index contributed by atoms with van der Waals surface area (Å²) in [4.78, 5) is 29.8. The molecule has 0 aliphatic rings. The molecule has 0 aliphatic heterocycles. The number of nitro groups is 1. The van der Waals surface area contributed by atoms with Crippen LogP contribution >= 0.6 is 0 Å². The Labute approximate surface area is 103 Å². The average molecular weight is 254 g/mol. The largest absolute Gasteiger partial charge is 0.480 e. The first-order valence-electron chi connectivity index (χ1n) is 5.17. The average Bonchev–Trinajstić information content (AvgIpc) is 2.24. The summed E-state index contributed by atoms with van der Waals surface area (Å²) >= 11 is 0. The van der Waals surface area contributed by atoms with Gasteiger partial charge in [0.25, 0.3) is 0 Å². The van der Waals surface area contributed by atoms with Crippen molar-refractivity contribution in [2.75, 3.05) is 11.4 Å². The van der Waals surface area contributed by atoms with Crippen molar-refractivity contribution in [3.8, 4) is 0 Å². The lowest BCUT2D eigenvalue weighted by atomic mass is 10.1. The summed E-state index contributed by atoms with van der Waals surface area (Å²) in [6, 6.07) is 0. The van der Waals surface area contributed by atoms with Crippen LogP contribution in [0.15, 0.2) is 12.4 Å². The molecule has 18 heavy (non-hydrogen) atoms. The summed E-state index contributed by atoms with van der Waals surface area (Å²) in [5, 5.41) is 19.3. The normalized spacial score (nSPS) is 11.1. The van der Waals surface area contributed by atoms with Gasteiger partial charge in [0, 0.05) is 5.54 Å².